The van der Waals surface area contributed by atoms with E-state index in [-0.39, 0.29) is 18.2 Å². The minimum absolute atomic E-state index is 0. The fourth-order valence-corrected chi connectivity index (χ4v) is 0.543. The van der Waals surface area contributed by atoms with E-state index in [1.807, 2.05) is 0 Å². The summed E-state index contributed by atoms with van der Waals surface area (Å²) in [7, 11) is 0. The Morgan fingerprint density at radius 2 is 2.08 bits per heavy atom. The lowest BCUT2D eigenvalue weighted by atomic mass is 10.3. The first kappa shape index (κ1) is 14.1. The first-order valence-electron chi connectivity index (χ1n) is 2.94. The summed E-state index contributed by atoms with van der Waals surface area (Å²) in [5.41, 5.74) is 5.22. The summed E-state index contributed by atoms with van der Waals surface area (Å²) in [5.74, 6) is -1.39. The Balaban J connectivity index is 0. The zero-order chi connectivity index (χ0) is 8.85. The maximum absolute atomic E-state index is 10.7. The third-order valence-corrected chi connectivity index (χ3v) is 1.34. The van der Waals surface area contributed by atoms with Gasteiger partial charge in [-0.15, -0.1) is 12.4 Å². The fraction of sp³-hybridized carbons (Fsp3) is 0.600. The Kier molecular flexibility index (Phi) is 8.46. The van der Waals surface area contributed by atoms with E-state index < -0.39 is 24.5 Å². The highest BCUT2D eigenvalue weighted by Crippen LogP contribution is 1.82. The van der Waals surface area contributed by atoms with E-state index in [0.717, 1.165) is 0 Å². The van der Waals surface area contributed by atoms with Crippen LogP contribution in [0.1, 0.15) is 0 Å². The lowest BCUT2D eigenvalue weighted by Gasteiger charge is -2.06. The monoisotopic (exact) mass is 214 g/mol. The predicted molar refractivity (Wildman–Crippen MR) is 49.7 cm³/mol. The second-order valence-electron chi connectivity index (χ2n) is 1.90. The van der Waals surface area contributed by atoms with Gasteiger partial charge in [-0.1, -0.05) is 0 Å². The Morgan fingerprint density at radius 3 is 2.42 bits per heavy atom. The number of hydrogen-bond acceptors (Lipinski definition) is 4. The Bertz CT molecular complexity index is 167. The van der Waals surface area contributed by atoms with E-state index in [0.29, 0.717) is 0 Å². The minimum Gasteiger partial charge on any atom is -0.480 e. The molecule has 0 saturated heterocycles. The summed E-state index contributed by atoms with van der Waals surface area (Å²) in [6.45, 7) is -0.402. The highest BCUT2D eigenvalue weighted by Gasteiger charge is 2.11. The largest absolute Gasteiger partial charge is 0.480 e. The van der Waals surface area contributed by atoms with Crippen molar-refractivity contribution in [3.63, 3.8) is 0 Å². The van der Waals surface area contributed by atoms with E-state index in [1.165, 1.54) is 0 Å². The predicted octanol–water partition coefficient (Wildman–Crippen LogP) is -1.13. The van der Waals surface area contributed by atoms with Gasteiger partial charge in [-0.25, -0.2) is 0 Å². The van der Waals surface area contributed by atoms with Crippen LogP contribution in [0.25, 0.3) is 0 Å². The SMILES string of the molecule is Cl.N[C@@H](CS)C(=O)NCC(=O)O. The summed E-state index contributed by atoms with van der Waals surface area (Å²) in [6, 6.07) is -0.738. The number of halogens is 1. The number of hydrogen-bond donors (Lipinski definition) is 4. The summed E-state index contributed by atoms with van der Waals surface area (Å²) in [5, 5.41) is 10.3. The Morgan fingerprint density at radius 1 is 1.58 bits per heavy atom. The van der Waals surface area contributed by atoms with Crippen molar-refractivity contribution in [3.05, 3.63) is 0 Å². The molecular formula is C5H11ClN2O3S. The van der Waals surface area contributed by atoms with E-state index in [4.69, 9.17) is 10.8 Å². The molecule has 72 valence electrons. The fourth-order valence-electron chi connectivity index (χ4n) is 0.377. The van der Waals surface area contributed by atoms with Gasteiger partial charge >= 0.3 is 5.97 Å². The van der Waals surface area contributed by atoms with Gasteiger partial charge in [-0.05, 0) is 0 Å². The zero-order valence-corrected chi connectivity index (χ0v) is 7.90. The molecule has 0 unspecified atom stereocenters. The molecule has 0 aliphatic heterocycles. The molecule has 0 aromatic carbocycles. The maximum Gasteiger partial charge on any atom is 0.322 e. The number of nitrogens with two attached hydrogens (primary N) is 1. The van der Waals surface area contributed by atoms with Crippen LogP contribution in [0.4, 0.5) is 0 Å². The van der Waals surface area contributed by atoms with E-state index >= 15 is 0 Å². The Labute approximate surface area is 81.5 Å². The number of carbonyl (C=O) groups is 2. The molecule has 12 heavy (non-hydrogen) atoms. The van der Waals surface area contributed by atoms with Crippen LogP contribution in [0.2, 0.25) is 0 Å². The minimum atomic E-state index is -1.09. The molecule has 0 spiro atoms. The number of rotatable bonds is 4. The smallest absolute Gasteiger partial charge is 0.322 e. The molecule has 0 saturated carbocycles. The average molecular weight is 215 g/mol. The van der Waals surface area contributed by atoms with Gasteiger partial charge in [0.15, 0.2) is 0 Å². The molecule has 0 aliphatic carbocycles. The normalized spacial score (nSPS) is 11.2. The van der Waals surface area contributed by atoms with Crippen LogP contribution < -0.4 is 11.1 Å². The number of carboxylic acid groups (broad SMARTS) is 1. The molecule has 0 rings (SSSR count). The van der Waals surface area contributed by atoms with Crippen LogP contribution in [0, 0.1) is 0 Å². The van der Waals surface area contributed by atoms with Gasteiger partial charge in [0.05, 0.1) is 6.04 Å². The quantitative estimate of drug-likeness (QED) is 0.446. The molecular weight excluding hydrogens is 204 g/mol. The van der Waals surface area contributed by atoms with Gasteiger partial charge in [-0.2, -0.15) is 12.6 Å². The average Bonchev–Trinajstić information content (AvgIpc) is 1.98. The van der Waals surface area contributed by atoms with Crippen molar-refractivity contribution in [2.45, 2.75) is 6.04 Å². The van der Waals surface area contributed by atoms with Gasteiger partial charge in [0.1, 0.15) is 6.54 Å². The molecule has 0 bridgehead atoms. The van der Waals surface area contributed by atoms with Gasteiger partial charge in [0, 0.05) is 5.75 Å². The van der Waals surface area contributed by atoms with E-state index in [1.54, 1.807) is 0 Å². The van der Waals surface area contributed by atoms with Crippen LogP contribution in [0.5, 0.6) is 0 Å². The van der Waals surface area contributed by atoms with Crippen LogP contribution in [-0.2, 0) is 9.59 Å². The highest BCUT2D eigenvalue weighted by atomic mass is 35.5. The summed E-state index contributed by atoms with van der Waals surface area (Å²) >= 11 is 3.77. The molecule has 1 atom stereocenters. The molecule has 0 aromatic heterocycles. The highest BCUT2D eigenvalue weighted by molar-refractivity contribution is 7.80. The molecule has 7 heteroatoms. The van der Waals surface area contributed by atoms with Gasteiger partial charge in [-0.3, -0.25) is 9.59 Å². The molecule has 4 N–H and O–H groups in total. The molecule has 5 nitrogen and oxygen atoms in total. The van der Waals surface area contributed by atoms with Crippen LogP contribution in [0.15, 0.2) is 0 Å². The van der Waals surface area contributed by atoms with Crippen LogP contribution >= 0.6 is 25.0 Å². The summed E-state index contributed by atoms with van der Waals surface area (Å²) in [6.07, 6.45) is 0. The molecule has 1 amide bonds. The van der Waals surface area contributed by atoms with Crippen molar-refractivity contribution in [3.8, 4) is 0 Å². The van der Waals surface area contributed by atoms with Gasteiger partial charge in [0.25, 0.3) is 0 Å². The number of carbonyl (C=O) groups excluding carboxylic acids is 1. The summed E-state index contributed by atoms with van der Waals surface area (Å²) in [4.78, 5) is 20.7. The summed E-state index contributed by atoms with van der Waals surface area (Å²) < 4.78 is 0. The van der Waals surface area contributed by atoms with Crippen molar-refractivity contribution in [1.29, 1.82) is 0 Å². The van der Waals surface area contributed by atoms with Crippen molar-refractivity contribution in [2.75, 3.05) is 12.3 Å². The van der Waals surface area contributed by atoms with Gasteiger partial charge < -0.3 is 16.2 Å². The number of carboxylic acids is 1. The van der Waals surface area contributed by atoms with E-state index in [9.17, 15) is 9.59 Å². The first-order chi connectivity index (χ1) is 5.07. The zero-order valence-electron chi connectivity index (χ0n) is 6.19. The molecule has 0 radical (unpaired) electrons. The Hall–Kier alpha value is -0.460. The van der Waals surface area contributed by atoms with Crippen LogP contribution in [-0.4, -0.2) is 35.3 Å². The van der Waals surface area contributed by atoms with Crippen LogP contribution in [0.3, 0.4) is 0 Å². The lowest BCUT2D eigenvalue weighted by molar-refractivity contribution is -0.138. The van der Waals surface area contributed by atoms with Crippen molar-refractivity contribution < 1.29 is 14.7 Å². The maximum atomic E-state index is 10.7. The number of amides is 1. The van der Waals surface area contributed by atoms with Crippen molar-refractivity contribution >= 4 is 36.9 Å². The third-order valence-electron chi connectivity index (χ3n) is 0.947. The lowest BCUT2D eigenvalue weighted by Crippen LogP contribution is -2.43. The van der Waals surface area contributed by atoms with Crippen molar-refractivity contribution in [1.82, 2.24) is 5.32 Å². The molecule has 0 heterocycles. The molecule has 0 aromatic rings. The number of nitrogens with one attached hydrogen (secondary N) is 1. The number of aliphatic carboxylic acids is 1. The van der Waals surface area contributed by atoms with E-state index in [2.05, 4.69) is 17.9 Å². The topological polar surface area (TPSA) is 92.4 Å². The molecule has 0 aliphatic rings. The standard InChI is InChI=1S/C5H10N2O3S.ClH/c6-3(2-11)5(10)7-1-4(8)9;/h3,11H,1-2,6H2,(H,7,10)(H,8,9);1H/t3-;/m0./s1. The van der Waals surface area contributed by atoms with Crippen molar-refractivity contribution in [2.24, 2.45) is 5.73 Å². The second-order valence-corrected chi connectivity index (χ2v) is 2.27. The third kappa shape index (κ3) is 6.26. The number of thiol groups is 1. The van der Waals surface area contributed by atoms with Gasteiger partial charge in [0.2, 0.25) is 5.91 Å². The first-order valence-corrected chi connectivity index (χ1v) is 3.57. The molecule has 0 fully saturated rings. The second kappa shape index (κ2) is 7.20.